The fourth-order valence-electron chi connectivity index (χ4n) is 4.08. The zero-order valence-electron chi connectivity index (χ0n) is 17.2. The van der Waals surface area contributed by atoms with E-state index in [2.05, 4.69) is 9.88 Å². The van der Waals surface area contributed by atoms with Crippen LogP contribution in [0.1, 0.15) is 12.8 Å². The molecule has 0 radical (unpaired) electrons. The van der Waals surface area contributed by atoms with Crippen molar-refractivity contribution >= 4 is 17.6 Å². The molecule has 2 saturated heterocycles. The molecule has 2 aliphatic heterocycles. The topological polar surface area (TPSA) is 66.0 Å². The average molecular weight is 409 g/mol. The maximum absolute atomic E-state index is 12.9. The lowest BCUT2D eigenvalue weighted by molar-refractivity contribution is -0.141. The largest absolute Gasteiger partial charge is 0.484 e. The molecule has 4 rings (SSSR count). The molecule has 0 atom stereocenters. The highest BCUT2D eigenvalue weighted by atomic mass is 16.5. The molecule has 0 N–H and O–H groups in total. The molecule has 1 aromatic carbocycles. The van der Waals surface area contributed by atoms with Gasteiger partial charge in [-0.3, -0.25) is 9.59 Å². The van der Waals surface area contributed by atoms with Gasteiger partial charge in [-0.2, -0.15) is 0 Å². The van der Waals surface area contributed by atoms with E-state index in [1.165, 1.54) is 0 Å². The molecule has 3 heterocycles. The predicted octanol–water partition coefficient (Wildman–Crippen LogP) is 2.05. The van der Waals surface area contributed by atoms with Gasteiger partial charge in [0, 0.05) is 51.4 Å². The summed E-state index contributed by atoms with van der Waals surface area (Å²) in [6.45, 7) is 4.31. The first-order valence-corrected chi connectivity index (χ1v) is 10.6. The van der Waals surface area contributed by atoms with Gasteiger partial charge in [0.15, 0.2) is 6.61 Å². The van der Waals surface area contributed by atoms with E-state index in [4.69, 9.17) is 4.74 Å². The van der Waals surface area contributed by atoms with Crippen molar-refractivity contribution in [1.82, 2.24) is 14.8 Å². The quantitative estimate of drug-likeness (QED) is 0.758. The van der Waals surface area contributed by atoms with Crippen molar-refractivity contribution in [3.05, 3.63) is 54.7 Å². The molecule has 0 aliphatic carbocycles. The van der Waals surface area contributed by atoms with Gasteiger partial charge >= 0.3 is 0 Å². The first kappa shape index (κ1) is 20.2. The second kappa shape index (κ2) is 9.61. The average Bonchev–Trinajstić information content (AvgIpc) is 2.83. The second-order valence-electron chi connectivity index (χ2n) is 7.76. The lowest BCUT2D eigenvalue weighted by Gasteiger charge is -2.39. The van der Waals surface area contributed by atoms with Crippen molar-refractivity contribution in [2.75, 3.05) is 50.8 Å². The minimum Gasteiger partial charge on any atom is -0.484 e. The predicted molar refractivity (Wildman–Crippen MR) is 114 cm³/mol. The molecule has 2 aliphatic rings. The Morgan fingerprint density at radius 2 is 1.57 bits per heavy atom. The van der Waals surface area contributed by atoms with E-state index in [9.17, 15) is 9.59 Å². The first-order chi connectivity index (χ1) is 14.7. The van der Waals surface area contributed by atoms with Crippen LogP contribution in [0.25, 0.3) is 0 Å². The molecule has 2 fully saturated rings. The molecular formula is C23H28N4O3. The van der Waals surface area contributed by atoms with Crippen LogP contribution in [0.3, 0.4) is 0 Å². The normalized spacial score (nSPS) is 17.7. The molecule has 2 aromatic rings. The Labute approximate surface area is 177 Å². The number of nitrogens with zero attached hydrogens (tertiary/aromatic N) is 4. The minimum atomic E-state index is -0.0197. The molecule has 30 heavy (non-hydrogen) atoms. The number of anilines is 1. The second-order valence-corrected chi connectivity index (χ2v) is 7.76. The van der Waals surface area contributed by atoms with E-state index in [0.717, 1.165) is 44.8 Å². The van der Waals surface area contributed by atoms with Gasteiger partial charge in [-0.25, -0.2) is 4.98 Å². The molecule has 0 unspecified atom stereocenters. The van der Waals surface area contributed by atoms with E-state index in [0.29, 0.717) is 18.8 Å². The Morgan fingerprint density at radius 3 is 2.23 bits per heavy atom. The highest BCUT2D eigenvalue weighted by Gasteiger charge is 2.31. The Bertz CT molecular complexity index is 830. The first-order valence-electron chi connectivity index (χ1n) is 10.6. The summed E-state index contributed by atoms with van der Waals surface area (Å²) in [6.07, 6.45) is 3.24. The number of aromatic nitrogens is 1. The third-order valence-electron chi connectivity index (χ3n) is 5.87. The summed E-state index contributed by atoms with van der Waals surface area (Å²) in [5, 5.41) is 0. The maximum atomic E-state index is 12.9. The molecule has 0 bridgehead atoms. The number of carbonyl (C=O) groups is 2. The highest BCUT2D eigenvalue weighted by Crippen LogP contribution is 2.22. The Hall–Kier alpha value is -3.09. The lowest BCUT2D eigenvalue weighted by atomic mass is 9.95. The molecular weight excluding hydrogens is 380 g/mol. The Morgan fingerprint density at radius 1 is 0.867 bits per heavy atom. The van der Waals surface area contributed by atoms with Gasteiger partial charge in [0.05, 0.1) is 0 Å². The number of amides is 2. The summed E-state index contributed by atoms with van der Waals surface area (Å²) < 4.78 is 5.56. The lowest BCUT2D eigenvalue weighted by Crippen LogP contribution is -2.52. The smallest absolute Gasteiger partial charge is 0.260 e. The maximum Gasteiger partial charge on any atom is 0.260 e. The van der Waals surface area contributed by atoms with Crippen LogP contribution < -0.4 is 9.64 Å². The molecule has 158 valence electrons. The number of piperazine rings is 1. The summed E-state index contributed by atoms with van der Waals surface area (Å²) in [7, 11) is 0. The van der Waals surface area contributed by atoms with Crippen LogP contribution in [0, 0.1) is 5.92 Å². The standard InChI is InChI=1S/C23H28N4O3/c28-22(18-30-20-6-2-1-3-7-20)26-12-9-19(10-13-26)23(29)27-16-14-25(15-17-27)21-8-4-5-11-24-21/h1-8,11,19H,9-10,12-18H2. The summed E-state index contributed by atoms with van der Waals surface area (Å²) in [5.41, 5.74) is 0. The van der Waals surface area contributed by atoms with Gasteiger partial charge < -0.3 is 19.4 Å². The van der Waals surface area contributed by atoms with Crippen LogP contribution >= 0.6 is 0 Å². The number of hydrogen-bond acceptors (Lipinski definition) is 5. The molecule has 0 spiro atoms. The van der Waals surface area contributed by atoms with Crippen LogP contribution in [-0.4, -0.2) is 72.5 Å². The van der Waals surface area contributed by atoms with E-state index >= 15 is 0 Å². The van der Waals surface area contributed by atoms with Crippen LogP contribution in [0.5, 0.6) is 5.75 Å². The number of hydrogen-bond donors (Lipinski definition) is 0. The number of rotatable bonds is 5. The SMILES string of the molecule is O=C(COc1ccccc1)N1CCC(C(=O)N2CCN(c3ccccn3)CC2)CC1. The van der Waals surface area contributed by atoms with Gasteiger partial charge in [-0.15, -0.1) is 0 Å². The van der Waals surface area contributed by atoms with E-state index in [-0.39, 0.29) is 24.3 Å². The minimum absolute atomic E-state index is 0.00509. The number of benzene rings is 1. The van der Waals surface area contributed by atoms with Crippen molar-refractivity contribution in [3.8, 4) is 5.75 Å². The molecule has 7 nitrogen and oxygen atoms in total. The van der Waals surface area contributed by atoms with Crippen molar-refractivity contribution < 1.29 is 14.3 Å². The van der Waals surface area contributed by atoms with Crippen molar-refractivity contribution in [3.63, 3.8) is 0 Å². The van der Waals surface area contributed by atoms with Gasteiger partial charge in [0.2, 0.25) is 5.91 Å². The summed E-state index contributed by atoms with van der Waals surface area (Å²) in [4.78, 5) is 35.8. The van der Waals surface area contributed by atoms with Gasteiger partial charge in [-0.1, -0.05) is 24.3 Å². The number of piperidine rings is 1. The number of ether oxygens (including phenoxy) is 1. The fraction of sp³-hybridized carbons (Fsp3) is 0.435. The zero-order valence-corrected chi connectivity index (χ0v) is 17.2. The van der Waals surface area contributed by atoms with Crippen molar-refractivity contribution in [1.29, 1.82) is 0 Å². The Balaban J connectivity index is 1.20. The third-order valence-corrected chi connectivity index (χ3v) is 5.87. The van der Waals surface area contributed by atoms with Crippen LogP contribution in [-0.2, 0) is 9.59 Å². The molecule has 2 amide bonds. The fourth-order valence-corrected chi connectivity index (χ4v) is 4.08. The van der Waals surface area contributed by atoms with Gasteiger partial charge in [-0.05, 0) is 37.1 Å². The van der Waals surface area contributed by atoms with E-state index in [1.807, 2.05) is 58.3 Å². The summed E-state index contributed by atoms with van der Waals surface area (Å²) in [5.74, 6) is 1.87. The molecule has 1 aromatic heterocycles. The molecule has 0 saturated carbocycles. The Kier molecular flexibility index (Phi) is 6.47. The van der Waals surface area contributed by atoms with E-state index in [1.54, 1.807) is 6.20 Å². The highest BCUT2D eigenvalue weighted by molar-refractivity contribution is 5.81. The van der Waals surface area contributed by atoms with Gasteiger partial charge in [0.25, 0.3) is 5.91 Å². The van der Waals surface area contributed by atoms with E-state index < -0.39 is 0 Å². The van der Waals surface area contributed by atoms with Gasteiger partial charge in [0.1, 0.15) is 11.6 Å². The zero-order chi connectivity index (χ0) is 20.8. The summed E-state index contributed by atoms with van der Waals surface area (Å²) >= 11 is 0. The molecule has 7 heteroatoms. The monoisotopic (exact) mass is 408 g/mol. The van der Waals surface area contributed by atoms with Crippen molar-refractivity contribution in [2.45, 2.75) is 12.8 Å². The van der Waals surface area contributed by atoms with Crippen LogP contribution in [0.2, 0.25) is 0 Å². The number of likely N-dealkylation sites (tertiary alicyclic amines) is 1. The number of para-hydroxylation sites is 1. The van der Waals surface area contributed by atoms with Crippen molar-refractivity contribution in [2.24, 2.45) is 5.92 Å². The third kappa shape index (κ3) is 4.90. The van der Waals surface area contributed by atoms with Crippen LogP contribution in [0.15, 0.2) is 54.7 Å². The number of carbonyl (C=O) groups excluding carboxylic acids is 2. The summed E-state index contributed by atoms with van der Waals surface area (Å²) in [6, 6.07) is 15.3. The number of pyridine rings is 1. The van der Waals surface area contributed by atoms with Crippen LogP contribution in [0.4, 0.5) is 5.82 Å².